The highest BCUT2D eigenvalue weighted by atomic mass is 16.3. The van der Waals surface area contributed by atoms with Gasteiger partial charge in [-0.1, -0.05) is 38.1 Å². The molecule has 4 rings (SSSR count). The van der Waals surface area contributed by atoms with Crippen molar-refractivity contribution in [3.05, 3.63) is 71.4 Å². The number of nitrogens with one attached hydrogen (secondary N) is 1. The number of hydrogen-bond acceptors (Lipinski definition) is 5. The molecule has 2 aromatic carbocycles. The van der Waals surface area contributed by atoms with Crippen molar-refractivity contribution in [3.8, 4) is 23.0 Å². The molecule has 166 valence electrons. The van der Waals surface area contributed by atoms with Gasteiger partial charge in [0.15, 0.2) is 6.23 Å². The zero-order chi connectivity index (χ0) is 22.7. The fourth-order valence-corrected chi connectivity index (χ4v) is 4.30. The average Bonchev–Trinajstić information content (AvgIpc) is 3.29. The summed E-state index contributed by atoms with van der Waals surface area (Å²) in [5, 5.41) is 28.5. The summed E-state index contributed by atoms with van der Waals surface area (Å²) in [6.07, 6.45) is 1.40. The van der Waals surface area contributed by atoms with E-state index in [1.165, 1.54) is 5.56 Å². The number of likely N-dealkylation sites (tertiary alicyclic amines) is 1. The first kappa shape index (κ1) is 22.2. The molecule has 0 bridgehead atoms. The first-order chi connectivity index (χ1) is 15.5. The minimum absolute atomic E-state index is 0.377. The van der Waals surface area contributed by atoms with E-state index < -0.39 is 6.23 Å². The normalized spacial score (nSPS) is 17.9. The van der Waals surface area contributed by atoms with Gasteiger partial charge in [-0.2, -0.15) is 10.4 Å². The van der Waals surface area contributed by atoms with E-state index in [4.69, 9.17) is 10.4 Å². The molecule has 1 fully saturated rings. The van der Waals surface area contributed by atoms with Crippen molar-refractivity contribution in [2.24, 2.45) is 0 Å². The van der Waals surface area contributed by atoms with E-state index in [1.54, 1.807) is 0 Å². The van der Waals surface area contributed by atoms with Crippen molar-refractivity contribution >= 4 is 0 Å². The Hall–Kier alpha value is -2.98. The van der Waals surface area contributed by atoms with Crippen LogP contribution in [0.4, 0.5) is 0 Å². The Balaban J connectivity index is 1.73. The second-order valence-electron chi connectivity index (χ2n) is 8.80. The van der Waals surface area contributed by atoms with Crippen LogP contribution in [0.25, 0.3) is 16.9 Å². The average molecular weight is 430 g/mol. The Labute approximate surface area is 190 Å². The van der Waals surface area contributed by atoms with Gasteiger partial charge in [0, 0.05) is 24.7 Å². The van der Waals surface area contributed by atoms with Gasteiger partial charge in [-0.15, -0.1) is 0 Å². The predicted octanol–water partition coefficient (Wildman–Crippen LogP) is 4.21. The fourth-order valence-electron chi connectivity index (χ4n) is 4.30. The van der Waals surface area contributed by atoms with Crippen LogP contribution >= 0.6 is 0 Å². The lowest BCUT2D eigenvalue weighted by Crippen LogP contribution is -2.45. The topological polar surface area (TPSA) is 77.1 Å². The highest BCUT2D eigenvalue weighted by Crippen LogP contribution is 2.30. The molecule has 2 N–H and O–H groups in total. The minimum atomic E-state index is -0.764. The highest BCUT2D eigenvalue weighted by molar-refractivity contribution is 5.64. The van der Waals surface area contributed by atoms with Crippen LogP contribution in [0.3, 0.4) is 0 Å². The number of benzene rings is 2. The molecule has 1 aromatic heterocycles. The van der Waals surface area contributed by atoms with Gasteiger partial charge in [0.2, 0.25) is 0 Å². The second-order valence-corrected chi connectivity index (χ2v) is 8.80. The lowest BCUT2D eigenvalue weighted by atomic mass is 10.0. The Kier molecular flexibility index (Phi) is 6.71. The molecule has 1 unspecified atom stereocenters. The maximum Gasteiger partial charge on any atom is 0.152 e. The second kappa shape index (κ2) is 9.66. The molecule has 2 atom stereocenters. The first-order valence-electron chi connectivity index (χ1n) is 11.3. The van der Waals surface area contributed by atoms with Crippen molar-refractivity contribution in [1.29, 1.82) is 5.26 Å². The van der Waals surface area contributed by atoms with Crippen molar-refractivity contribution < 1.29 is 5.11 Å². The van der Waals surface area contributed by atoms with Crippen molar-refractivity contribution in [3.63, 3.8) is 0 Å². The molecule has 0 spiro atoms. The van der Waals surface area contributed by atoms with Crippen molar-refractivity contribution in [1.82, 2.24) is 20.0 Å². The number of nitriles is 1. The number of nitrogens with zero attached hydrogens (tertiary/aromatic N) is 4. The van der Waals surface area contributed by atoms with Crippen LogP contribution in [0.1, 0.15) is 55.7 Å². The Bertz CT molecular complexity index is 1080. The zero-order valence-corrected chi connectivity index (χ0v) is 19.0. The van der Waals surface area contributed by atoms with Gasteiger partial charge in [-0.3, -0.25) is 4.90 Å². The SMILES string of the molecule is CN[C@@H]1CCCN(C(O)c2cc(-c3ccc(C#N)cc3)n(-c3ccc(C(C)C)cc3)n2)C1. The summed E-state index contributed by atoms with van der Waals surface area (Å²) in [5.74, 6) is 0.455. The molecular formula is C26H31N5O. The minimum Gasteiger partial charge on any atom is -0.372 e. The standard InChI is InChI=1S/C26H31N5O/c1-18(2)20-10-12-23(13-11-20)31-25(21-8-6-19(16-27)7-9-21)15-24(29-31)26(32)30-14-4-5-22(17-30)28-3/h6-13,15,18,22,26,28,32H,4-5,14,17H2,1-3H3/t22-,26?/m1/s1. The molecule has 2 heterocycles. The molecule has 6 nitrogen and oxygen atoms in total. The van der Waals surface area contributed by atoms with E-state index in [2.05, 4.69) is 54.4 Å². The zero-order valence-electron chi connectivity index (χ0n) is 19.0. The number of likely N-dealkylation sites (N-methyl/N-ethyl adjacent to an activating group) is 1. The summed E-state index contributed by atoms with van der Waals surface area (Å²) in [5.41, 5.74) is 5.31. The third-order valence-electron chi connectivity index (χ3n) is 6.31. The summed E-state index contributed by atoms with van der Waals surface area (Å²) in [6.45, 7) is 5.99. The Morgan fingerprint density at radius 1 is 1.12 bits per heavy atom. The third kappa shape index (κ3) is 4.61. The molecule has 1 aliphatic rings. The summed E-state index contributed by atoms with van der Waals surface area (Å²) in [7, 11) is 1.97. The summed E-state index contributed by atoms with van der Waals surface area (Å²) in [6, 6.07) is 20.4. The van der Waals surface area contributed by atoms with E-state index in [0.717, 1.165) is 42.9 Å². The molecule has 32 heavy (non-hydrogen) atoms. The number of aliphatic hydroxyl groups excluding tert-OH is 1. The third-order valence-corrected chi connectivity index (χ3v) is 6.31. The molecule has 1 aliphatic heterocycles. The van der Waals surface area contributed by atoms with Gasteiger partial charge in [-0.05, 0) is 61.7 Å². The fraction of sp³-hybridized carbons (Fsp3) is 0.385. The smallest absolute Gasteiger partial charge is 0.152 e. The number of piperidine rings is 1. The van der Waals surface area contributed by atoms with Gasteiger partial charge in [0.1, 0.15) is 5.69 Å². The van der Waals surface area contributed by atoms with Crippen LogP contribution < -0.4 is 5.32 Å². The number of aromatic nitrogens is 2. The van der Waals surface area contributed by atoms with E-state index in [9.17, 15) is 5.11 Å². The summed E-state index contributed by atoms with van der Waals surface area (Å²) < 4.78 is 1.89. The van der Waals surface area contributed by atoms with Crippen LogP contribution in [-0.2, 0) is 0 Å². The molecule has 0 amide bonds. The molecule has 0 radical (unpaired) electrons. The molecule has 1 saturated heterocycles. The molecule has 3 aromatic rings. The summed E-state index contributed by atoms with van der Waals surface area (Å²) >= 11 is 0. The van der Waals surface area contributed by atoms with Crippen LogP contribution in [0.15, 0.2) is 54.6 Å². The number of hydrogen-bond donors (Lipinski definition) is 2. The molecule has 0 aliphatic carbocycles. The van der Waals surface area contributed by atoms with Crippen LogP contribution in [-0.4, -0.2) is 46.0 Å². The first-order valence-corrected chi connectivity index (χ1v) is 11.3. The van der Waals surface area contributed by atoms with Gasteiger partial charge < -0.3 is 10.4 Å². The van der Waals surface area contributed by atoms with Gasteiger partial charge in [0.25, 0.3) is 0 Å². The van der Waals surface area contributed by atoms with Gasteiger partial charge >= 0.3 is 0 Å². The van der Waals surface area contributed by atoms with Crippen molar-refractivity contribution in [2.75, 3.05) is 20.1 Å². The molecule has 6 heteroatoms. The predicted molar refractivity (Wildman–Crippen MR) is 126 cm³/mol. The number of rotatable bonds is 6. The van der Waals surface area contributed by atoms with E-state index in [0.29, 0.717) is 23.2 Å². The van der Waals surface area contributed by atoms with Crippen LogP contribution in [0.5, 0.6) is 0 Å². The van der Waals surface area contributed by atoms with E-state index >= 15 is 0 Å². The van der Waals surface area contributed by atoms with E-state index in [1.807, 2.05) is 42.1 Å². The largest absolute Gasteiger partial charge is 0.372 e. The monoisotopic (exact) mass is 429 g/mol. The van der Waals surface area contributed by atoms with Gasteiger partial charge in [0.05, 0.1) is 23.0 Å². The summed E-state index contributed by atoms with van der Waals surface area (Å²) in [4.78, 5) is 2.09. The maximum atomic E-state index is 11.2. The lowest BCUT2D eigenvalue weighted by Gasteiger charge is -2.35. The van der Waals surface area contributed by atoms with Gasteiger partial charge in [-0.25, -0.2) is 4.68 Å². The maximum absolute atomic E-state index is 11.2. The Morgan fingerprint density at radius 2 is 1.84 bits per heavy atom. The van der Waals surface area contributed by atoms with Crippen molar-refractivity contribution in [2.45, 2.75) is 44.9 Å². The van der Waals surface area contributed by atoms with Crippen LogP contribution in [0, 0.1) is 11.3 Å². The quantitative estimate of drug-likeness (QED) is 0.614. The van der Waals surface area contributed by atoms with Crippen LogP contribution in [0.2, 0.25) is 0 Å². The van der Waals surface area contributed by atoms with E-state index in [-0.39, 0.29) is 0 Å². The number of aliphatic hydroxyl groups is 1. The molecule has 0 saturated carbocycles. The Morgan fingerprint density at radius 3 is 2.47 bits per heavy atom. The highest BCUT2D eigenvalue weighted by Gasteiger charge is 2.27. The molecular weight excluding hydrogens is 398 g/mol. The lowest BCUT2D eigenvalue weighted by molar-refractivity contribution is -0.0202.